The standard InChI is InChI=1S/C25H40O3/c1-4-16-10-17(5-2)23-20-11-18(22(16)23)12-21(20)24(26)27-14-28-25(6-3)13-15-7-8-19(25)9-15/h15-23H,4-14H2,1-3H3. The van der Waals surface area contributed by atoms with Gasteiger partial charge < -0.3 is 9.47 Å². The summed E-state index contributed by atoms with van der Waals surface area (Å²) in [5.74, 6) is 6.56. The summed E-state index contributed by atoms with van der Waals surface area (Å²) < 4.78 is 12.1. The average Bonchev–Trinajstić information content (AvgIpc) is 3.51. The van der Waals surface area contributed by atoms with Gasteiger partial charge in [-0.3, -0.25) is 4.79 Å². The third-order valence-electron chi connectivity index (χ3n) is 10.2. The van der Waals surface area contributed by atoms with Crippen LogP contribution in [0.5, 0.6) is 0 Å². The maximum Gasteiger partial charge on any atom is 0.311 e. The zero-order valence-corrected chi connectivity index (χ0v) is 18.2. The molecule has 3 nitrogen and oxygen atoms in total. The minimum absolute atomic E-state index is 0.00389. The molecule has 158 valence electrons. The lowest BCUT2D eigenvalue weighted by atomic mass is 9.70. The van der Waals surface area contributed by atoms with Gasteiger partial charge in [0.05, 0.1) is 11.5 Å². The van der Waals surface area contributed by atoms with Gasteiger partial charge in [0.15, 0.2) is 6.79 Å². The van der Waals surface area contributed by atoms with Gasteiger partial charge in [-0.2, -0.15) is 0 Å². The van der Waals surface area contributed by atoms with E-state index in [9.17, 15) is 4.79 Å². The summed E-state index contributed by atoms with van der Waals surface area (Å²) in [5, 5.41) is 0. The number of rotatable bonds is 7. The number of esters is 1. The molecular formula is C25H40O3. The van der Waals surface area contributed by atoms with Crippen LogP contribution in [0.25, 0.3) is 0 Å². The van der Waals surface area contributed by atoms with Gasteiger partial charge in [-0.1, -0.05) is 33.6 Å². The summed E-state index contributed by atoms with van der Waals surface area (Å²) in [6.45, 7) is 7.15. The van der Waals surface area contributed by atoms with Crippen LogP contribution < -0.4 is 0 Å². The van der Waals surface area contributed by atoms with Gasteiger partial charge in [-0.25, -0.2) is 0 Å². The fourth-order valence-electron chi connectivity index (χ4n) is 9.08. The summed E-state index contributed by atoms with van der Waals surface area (Å²) in [7, 11) is 0. The maximum absolute atomic E-state index is 13.0. The van der Waals surface area contributed by atoms with Crippen molar-refractivity contribution in [1.29, 1.82) is 0 Å². The summed E-state index contributed by atoms with van der Waals surface area (Å²) in [6, 6.07) is 0. The molecule has 0 heterocycles. The first-order valence-corrected chi connectivity index (χ1v) is 12.4. The average molecular weight is 389 g/mol. The van der Waals surface area contributed by atoms with Crippen LogP contribution in [-0.2, 0) is 14.3 Å². The van der Waals surface area contributed by atoms with E-state index in [1.54, 1.807) is 0 Å². The number of hydrogen-bond acceptors (Lipinski definition) is 3. The Hall–Kier alpha value is -0.570. The van der Waals surface area contributed by atoms with E-state index in [1.165, 1.54) is 51.4 Å². The lowest BCUT2D eigenvalue weighted by molar-refractivity contribution is -0.188. The first-order valence-electron chi connectivity index (χ1n) is 12.4. The molecule has 10 atom stereocenters. The zero-order valence-electron chi connectivity index (χ0n) is 18.2. The second-order valence-electron chi connectivity index (χ2n) is 11.0. The van der Waals surface area contributed by atoms with Gasteiger partial charge >= 0.3 is 5.97 Å². The van der Waals surface area contributed by atoms with Crippen molar-refractivity contribution in [3.63, 3.8) is 0 Å². The lowest BCUT2D eigenvalue weighted by Gasteiger charge is -2.37. The fraction of sp³-hybridized carbons (Fsp3) is 0.960. The normalized spacial score (nSPS) is 51.0. The molecule has 28 heavy (non-hydrogen) atoms. The highest BCUT2D eigenvalue weighted by Gasteiger charge is 2.61. The predicted molar refractivity (Wildman–Crippen MR) is 109 cm³/mol. The molecule has 0 aromatic rings. The van der Waals surface area contributed by atoms with Gasteiger partial charge in [-0.05, 0) is 98.7 Å². The number of ether oxygens (including phenoxy) is 2. The minimum atomic E-state index is -0.00389. The Kier molecular flexibility index (Phi) is 5.05. The molecule has 0 aromatic carbocycles. The van der Waals surface area contributed by atoms with E-state index >= 15 is 0 Å². The van der Waals surface area contributed by atoms with Crippen molar-refractivity contribution < 1.29 is 14.3 Å². The van der Waals surface area contributed by atoms with Gasteiger partial charge in [0.25, 0.3) is 0 Å². The molecule has 0 spiro atoms. The van der Waals surface area contributed by atoms with Crippen LogP contribution in [0.3, 0.4) is 0 Å². The fourth-order valence-corrected chi connectivity index (χ4v) is 9.08. The number of carbonyl (C=O) groups excluding carboxylic acids is 1. The molecule has 0 amide bonds. The summed E-state index contributed by atoms with van der Waals surface area (Å²) in [4.78, 5) is 13.0. The molecule has 0 radical (unpaired) electrons. The molecule has 0 aliphatic heterocycles. The van der Waals surface area contributed by atoms with E-state index in [2.05, 4.69) is 20.8 Å². The van der Waals surface area contributed by atoms with Gasteiger partial charge in [0, 0.05) is 0 Å². The van der Waals surface area contributed by atoms with Crippen molar-refractivity contribution >= 4 is 5.97 Å². The van der Waals surface area contributed by atoms with Crippen LogP contribution in [-0.4, -0.2) is 18.4 Å². The maximum atomic E-state index is 13.0. The number of hydrogen-bond donors (Lipinski definition) is 0. The van der Waals surface area contributed by atoms with Gasteiger partial charge in [-0.15, -0.1) is 0 Å². The topological polar surface area (TPSA) is 35.5 Å². The Morgan fingerprint density at radius 2 is 1.75 bits per heavy atom. The molecular weight excluding hydrogens is 348 g/mol. The van der Waals surface area contributed by atoms with Crippen molar-refractivity contribution in [2.24, 2.45) is 53.3 Å². The van der Waals surface area contributed by atoms with Gasteiger partial charge in [0.2, 0.25) is 0 Å². The van der Waals surface area contributed by atoms with E-state index in [-0.39, 0.29) is 24.3 Å². The summed E-state index contributed by atoms with van der Waals surface area (Å²) in [6.07, 6.45) is 12.6. The molecule has 5 aliphatic rings. The summed E-state index contributed by atoms with van der Waals surface area (Å²) >= 11 is 0. The highest BCUT2D eigenvalue weighted by Crippen LogP contribution is 2.65. The largest absolute Gasteiger partial charge is 0.438 e. The van der Waals surface area contributed by atoms with Crippen LogP contribution in [0.15, 0.2) is 0 Å². The number of fused-ring (bicyclic) bond motifs is 7. The highest BCUT2D eigenvalue weighted by molar-refractivity contribution is 5.73. The second-order valence-corrected chi connectivity index (χ2v) is 11.0. The van der Waals surface area contributed by atoms with E-state index in [0.29, 0.717) is 11.8 Å². The van der Waals surface area contributed by atoms with Crippen molar-refractivity contribution in [3.05, 3.63) is 0 Å². The molecule has 5 rings (SSSR count). The molecule has 4 bridgehead atoms. The Morgan fingerprint density at radius 1 is 0.964 bits per heavy atom. The molecule has 3 heteroatoms. The lowest BCUT2D eigenvalue weighted by Crippen LogP contribution is -2.40. The molecule has 0 aromatic heterocycles. The van der Waals surface area contributed by atoms with Crippen molar-refractivity contribution in [2.75, 3.05) is 6.79 Å². The molecule has 0 N–H and O–H groups in total. The third-order valence-corrected chi connectivity index (χ3v) is 10.2. The minimum Gasteiger partial charge on any atom is -0.438 e. The molecule has 5 aliphatic carbocycles. The molecule has 5 saturated carbocycles. The second kappa shape index (κ2) is 7.29. The van der Waals surface area contributed by atoms with Crippen molar-refractivity contribution in [2.45, 2.75) is 90.6 Å². The molecule has 10 unspecified atom stereocenters. The first kappa shape index (κ1) is 19.4. The van der Waals surface area contributed by atoms with Crippen LogP contribution in [0.2, 0.25) is 0 Å². The SMILES string of the molecule is CCC1CC(CC)C2C3CC(CC3C(=O)OCOC3(CC)CC4CCC3C4)C12. The first-order chi connectivity index (χ1) is 13.6. The van der Waals surface area contributed by atoms with Crippen LogP contribution in [0, 0.1) is 53.3 Å². The van der Waals surface area contributed by atoms with Crippen LogP contribution in [0.1, 0.15) is 85.0 Å². The van der Waals surface area contributed by atoms with Crippen LogP contribution >= 0.6 is 0 Å². The zero-order chi connectivity index (χ0) is 19.5. The van der Waals surface area contributed by atoms with E-state index in [1.807, 2.05) is 0 Å². The van der Waals surface area contributed by atoms with Crippen molar-refractivity contribution in [1.82, 2.24) is 0 Å². The van der Waals surface area contributed by atoms with E-state index in [0.717, 1.165) is 48.3 Å². The van der Waals surface area contributed by atoms with Gasteiger partial charge in [0.1, 0.15) is 0 Å². The Balaban J connectivity index is 1.18. The Labute approximate surface area is 171 Å². The third kappa shape index (κ3) is 2.81. The smallest absolute Gasteiger partial charge is 0.311 e. The monoisotopic (exact) mass is 388 g/mol. The van der Waals surface area contributed by atoms with E-state index in [4.69, 9.17) is 9.47 Å². The van der Waals surface area contributed by atoms with E-state index < -0.39 is 0 Å². The number of carbonyl (C=O) groups is 1. The quantitative estimate of drug-likeness (QED) is 0.407. The van der Waals surface area contributed by atoms with Crippen molar-refractivity contribution in [3.8, 4) is 0 Å². The predicted octanol–water partition coefficient (Wildman–Crippen LogP) is 5.82. The Bertz CT molecular complexity index is 603. The highest BCUT2D eigenvalue weighted by atomic mass is 16.7. The Morgan fingerprint density at radius 3 is 2.39 bits per heavy atom. The van der Waals surface area contributed by atoms with Crippen LogP contribution in [0.4, 0.5) is 0 Å². The summed E-state index contributed by atoms with van der Waals surface area (Å²) in [5.41, 5.74) is -0.00389. The molecule has 5 fully saturated rings. The molecule has 0 saturated heterocycles.